The van der Waals surface area contributed by atoms with Crippen molar-refractivity contribution in [3.8, 4) is 11.8 Å². The van der Waals surface area contributed by atoms with Gasteiger partial charge in [0.2, 0.25) is 0 Å². The van der Waals surface area contributed by atoms with E-state index in [2.05, 4.69) is 11.4 Å². The van der Waals surface area contributed by atoms with Crippen LogP contribution in [0.2, 0.25) is 0 Å². The van der Waals surface area contributed by atoms with E-state index >= 15 is 0 Å². The van der Waals surface area contributed by atoms with Gasteiger partial charge >= 0.3 is 5.97 Å². The first-order valence-corrected chi connectivity index (χ1v) is 8.79. The van der Waals surface area contributed by atoms with Crippen molar-refractivity contribution in [2.45, 2.75) is 37.9 Å². The number of ether oxygens (including phenoxy) is 1. The zero-order chi connectivity index (χ0) is 19.6. The van der Waals surface area contributed by atoms with Crippen LogP contribution >= 0.6 is 0 Å². The van der Waals surface area contributed by atoms with E-state index in [1.807, 2.05) is 38.1 Å². The Bertz CT molecular complexity index is 901. The normalized spacial score (nSPS) is 20.1. The third-order valence-electron chi connectivity index (χ3n) is 4.83. The summed E-state index contributed by atoms with van der Waals surface area (Å²) in [5.74, 6) is -0.656. The molecule has 3 N–H and O–H groups in total. The van der Waals surface area contributed by atoms with Crippen LogP contribution in [0, 0.1) is 11.3 Å². The number of carbonyl (C=O) groups is 1. The number of aliphatic hydroxyl groups is 1. The summed E-state index contributed by atoms with van der Waals surface area (Å²) in [5, 5.41) is 32.4. The second-order valence-corrected chi connectivity index (χ2v) is 7.15. The number of aliphatic carboxylic acids is 1. The van der Waals surface area contributed by atoms with Crippen LogP contribution in [0.3, 0.4) is 0 Å². The molecule has 0 saturated carbocycles. The van der Waals surface area contributed by atoms with Crippen molar-refractivity contribution in [2.24, 2.45) is 0 Å². The van der Waals surface area contributed by atoms with Crippen LogP contribution < -0.4 is 10.1 Å². The van der Waals surface area contributed by atoms with Crippen LogP contribution in [0.5, 0.6) is 5.75 Å². The van der Waals surface area contributed by atoms with Crippen LogP contribution in [0.4, 0.5) is 5.69 Å². The number of nitrogens with one attached hydrogen (secondary N) is 1. The van der Waals surface area contributed by atoms with Crippen LogP contribution in [0.1, 0.15) is 42.9 Å². The number of carboxylic acid groups (broad SMARTS) is 1. The Morgan fingerprint density at radius 2 is 2.00 bits per heavy atom. The largest absolute Gasteiger partial charge is 0.485 e. The van der Waals surface area contributed by atoms with Crippen molar-refractivity contribution < 1.29 is 19.7 Å². The average Bonchev–Trinajstić information content (AvgIpc) is 2.63. The highest BCUT2D eigenvalue weighted by Crippen LogP contribution is 2.46. The van der Waals surface area contributed by atoms with Crippen molar-refractivity contribution in [3.05, 3.63) is 59.2 Å². The van der Waals surface area contributed by atoms with Gasteiger partial charge in [0.05, 0.1) is 18.1 Å². The second kappa shape index (κ2) is 7.29. The maximum atomic E-state index is 11.1. The molecule has 2 aromatic rings. The molecule has 0 bridgehead atoms. The summed E-state index contributed by atoms with van der Waals surface area (Å²) in [4.78, 5) is 10.8. The third kappa shape index (κ3) is 3.74. The van der Waals surface area contributed by atoms with Crippen molar-refractivity contribution in [2.75, 3.05) is 11.9 Å². The highest BCUT2D eigenvalue weighted by molar-refractivity contribution is 5.68. The van der Waals surface area contributed by atoms with Gasteiger partial charge in [-0.1, -0.05) is 18.2 Å². The number of nitriles is 1. The van der Waals surface area contributed by atoms with Gasteiger partial charge in [0.1, 0.15) is 17.5 Å². The van der Waals surface area contributed by atoms with Gasteiger partial charge in [-0.25, -0.2) is 0 Å². The predicted octanol–water partition coefficient (Wildman–Crippen LogP) is 3.11. The zero-order valence-corrected chi connectivity index (χ0v) is 15.3. The molecule has 1 aliphatic rings. The molecule has 1 heterocycles. The lowest BCUT2D eigenvalue weighted by Gasteiger charge is -2.43. The molecule has 140 valence electrons. The molecule has 0 fully saturated rings. The molecule has 27 heavy (non-hydrogen) atoms. The molecule has 0 aliphatic carbocycles. The van der Waals surface area contributed by atoms with E-state index in [1.165, 1.54) is 0 Å². The lowest BCUT2D eigenvalue weighted by molar-refractivity contribution is -0.136. The van der Waals surface area contributed by atoms with Crippen molar-refractivity contribution >= 4 is 11.7 Å². The number of rotatable bonds is 5. The minimum Gasteiger partial charge on any atom is -0.485 e. The van der Waals surface area contributed by atoms with Crippen molar-refractivity contribution in [3.63, 3.8) is 0 Å². The molecule has 0 spiro atoms. The number of hydrogen-bond donors (Lipinski definition) is 3. The molecule has 6 heteroatoms. The summed E-state index contributed by atoms with van der Waals surface area (Å²) in [6.07, 6.45) is -0.855. The van der Waals surface area contributed by atoms with Crippen molar-refractivity contribution in [1.82, 2.24) is 0 Å². The summed E-state index contributed by atoms with van der Waals surface area (Å²) in [5.41, 5.74) is 2.01. The fourth-order valence-electron chi connectivity index (χ4n) is 3.44. The molecule has 0 amide bonds. The lowest BCUT2D eigenvalue weighted by Crippen LogP contribution is -2.49. The van der Waals surface area contributed by atoms with Gasteiger partial charge in [-0.3, -0.25) is 4.79 Å². The minimum atomic E-state index is -0.878. The number of hydrogen-bond acceptors (Lipinski definition) is 5. The van der Waals surface area contributed by atoms with Gasteiger partial charge in [-0.2, -0.15) is 5.26 Å². The van der Waals surface area contributed by atoms with Crippen molar-refractivity contribution in [1.29, 1.82) is 5.26 Å². The maximum absolute atomic E-state index is 11.1. The SMILES string of the molecule is CC1(C)Oc2ccc(C#N)cc2C(c2ccccc2NCCC(=O)O)C1O. The molecule has 0 saturated heterocycles. The van der Waals surface area contributed by atoms with Crippen LogP contribution in [-0.4, -0.2) is 34.4 Å². The average molecular weight is 366 g/mol. The molecule has 1 aliphatic heterocycles. The summed E-state index contributed by atoms with van der Waals surface area (Å²) >= 11 is 0. The molecule has 6 nitrogen and oxygen atoms in total. The standard InChI is InChI=1S/C21H22N2O4/c1-21(2)20(26)19(15-11-13(12-22)7-8-17(15)27-21)14-5-3-4-6-16(14)23-10-9-18(24)25/h3-8,11,19-20,23,26H,9-10H2,1-2H3,(H,24,25). The monoisotopic (exact) mass is 366 g/mol. The first-order valence-electron chi connectivity index (χ1n) is 8.79. The van der Waals surface area contributed by atoms with E-state index in [0.717, 1.165) is 16.8 Å². The number of carboxylic acids is 1. The Morgan fingerprint density at radius 1 is 1.26 bits per heavy atom. The number of benzene rings is 2. The summed E-state index contributed by atoms with van der Waals surface area (Å²) in [6, 6.07) is 14.8. The first kappa shape index (κ1) is 18.7. The molecule has 2 aromatic carbocycles. The smallest absolute Gasteiger partial charge is 0.305 e. The van der Waals surface area contributed by atoms with E-state index in [-0.39, 0.29) is 13.0 Å². The molecule has 0 radical (unpaired) electrons. The third-order valence-corrected chi connectivity index (χ3v) is 4.83. The molecule has 3 rings (SSSR count). The Balaban J connectivity index is 2.08. The zero-order valence-electron chi connectivity index (χ0n) is 15.3. The Labute approximate surface area is 158 Å². The van der Waals surface area contributed by atoms with Gasteiger partial charge in [-0.05, 0) is 43.7 Å². The summed E-state index contributed by atoms with van der Waals surface area (Å²) < 4.78 is 5.98. The highest BCUT2D eigenvalue weighted by atomic mass is 16.5. The van der Waals surface area contributed by atoms with Gasteiger partial charge in [0.15, 0.2) is 0 Å². The first-order chi connectivity index (χ1) is 12.8. The number of nitrogens with zero attached hydrogens (tertiary/aromatic N) is 1. The Morgan fingerprint density at radius 3 is 2.70 bits per heavy atom. The molecular formula is C21H22N2O4. The minimum absolute atomic E-state index is 0.00860. The number of fused-ring (bicyclic) bond motifs is 1. The van der Waals surface area contributed by atoms with Gasteiger partial charge in [0.25, 0.3) is 0 Å². The number of para-hydroxylation sites is 1. The Hall–Kier alpha value is -3.04. The van der Waals surface area contributed by atoms with E-state index < -0.39 is 23.6 Å². The Kier molecular flexibility index (Phi) is 5.06. The summed E-state index contributed by atoms with van der Waals surface area (Å²) in [6.45, 7) is 3.93. The van der Waals surface area contributed by atoms with E-state index in [1.54, 1.807) is 18.2 Å². The number of aliphatic hydroxyl groups excluding tert-OH is 1. The predicted molar refractivity (Wildman–Crippen MR) is 101 cm³/mol. The maximum Gasteiger partial charge on any atom is 0.305 e. The number of anilines is 1. The fraction of sp³-hybridized carbons (Fsp3) is 0.333. The van der Waals surface area contributed by atoms with E-state index in [0.29, 0.717) is 11.3 Å². The highest BCUT2D eigenvalue weighted by Gasteiger charge is 2.44. The molecule has 2 unspecified atom stereocenters. The van der Waals surface area contributed by atoms with Gasteiger partial charge < -0.3 is 20.3 Å². The molecule has 2 atom stereocenters. The van der Waals surface area contributed by atoms with E-state index in [4.69, 9.17) is 9.84 Å². The lowest BCUT2D eigenvalue weighted by atomic mass is 9.76. The fourth-order valence-corrected chi connectivity index (χ4v) is 3.44. The summed E-state index contributed by atoms with van der Waals surface area (Å²) in [7, 11) is 0. The topological polar surface area (TPSA) is 103 Å². The van der Waals surface area contributed by atoms with E-state index in [9.17, 15) is 15.2 Å². The van der Waals surface area contributed by atoms with Gasteiger partial charge in [-0.15, -0.1) is 0 Å². The molecule has 0 aromatic heterocycles. The van der Waals surface area contributed by atoms with Crippen LogP contribution in [0.15, 0.2) is 42.5 Å². The van der Waals surface area contributed by atoms with Gasteiger partial charge in [0, 0.05) is 23.7 Å². The molecular weight excluding hydrogens is 344 g/mol. The quantitative estimate of drug-likeness (QED) is 0.751. The second-order valence-electron chi connectivity index (χ2n) is 7.15. The van der Waals surface area contributed by atoms with Crippen LogP contribution in [-0.2, 0) is 4.79 Å². The van der Waals surface area contributed by atoms with Crippen LogP contribution in [0.25, 0.3) is 0 Å².